The third-order valence-corrected chi connectivity index (χ3v) is 4.45. The van der Waals surface area contributed by atoms with Crippen LogP contribution in [-0.2, 0) is 22.6 Å². The molecule has 2 amide bonds. The fraction of sp³-hybridized carbons (Fsp3) is 0.125. The third-order valence-electron chi connectivity index (χ3n) is 4.45. The van der Waals surface area contributed by atoms with E-state index in [0.29, 0.717) is 18.7 Å². The van der Waals surface area contributed by atoms with Crippen molar-refractivity contribution in [1.29, 1.82) is 0 Å². The first-order valence-electron chi connectivity index (χ1n) is 9.82. The predicted octanol–water partition coefficient (Wildman–Crippen LogP) is 3.47. The van der Waals surface area contributed by atoms with Crippen LogP contribution in [0.25, 0.3) is 6.08 Å². The lowest BCUT2D eigenvalue weighted by Gasteiger charge is -2.14. The molecule has 0 saturated heterocycles. The summed E-state index contributed by atoms with van der Waals surface area (Å²) in [5.74, 6) is 5.53. The summed E-state index contributed by atoms with van der Waals surface area (Å²) in [6, 6.07) is 20.4. The first-order valence-corrected chi connectivity index (χ1v) is 9.82. The molecular weight excluding hydrogens is 392 g/mol. The number of nitrogens with zero attached hydrogens (tertiary/aromatic N) is 2. The number of anilines is 1. The summed E-state index contributed by atoms with van der Waals surface area (Å²) in [6.45, 7) is 0.642. The Morgan fingerprint density at radius 3 is 2.48 bits per heavy atom. The predicted molar refractivity (Wildman–Crippen MR) is 120 cm³/mol. The Hall–Kier alpha value is -3.97. The number of ether oxygens (including phenoxy) is 1. The minimum atomic E-state index is -0.466. The van der Waals surface area contributed by atoms with E-state index in [1.165, 1.54) is 6.08 Å². The number of para-hydroxylation sites is 1. The third kappa shape index (κ3) is 7.09. The zero-order chi connectivity index (χ0) is 21.9. The summed E-state index contributed by atoms with van der Waals surface area (Å²) in [5, 5.41) is 3.83. The molecule has 3 aromatic rings. The van der Waals surface area contributed by atoms with Crippen molar-refractivity contribution in [3.8, 4) is 0 Å². The molecule has 0 aliphatic heterocycles. The highest BCUT2D eigenvalue weighted by Gasteiger charge is 2.07. The topological polar surface area (TPSA) is 97.6 Å². The van der Waals surface area contributed by atoms with Gasteiger partial charge in [0.05, 0.1) is 5.69 Å². The average Bonchev–Trinajstić information content (AvgIpc) is 2.83. The molecule has 0 atom stereocenters. The van der Waals surface area contributed by atoms with Crippen molar-refractivity contribution in [2.24, 2.45) is 5.84 Å². The average molecular weight is 416 g/mol. The molecule has 0 bridgehead atoms. The van der Waals surface area contributed by atoms with Crippen molar-refractivity contribution in [2.45, 2.75) is 13.0 Å². The van der Waals surface area contributed by atoms with E-state index in [0.717, 1.165) is 21.7 Å². The summed E-state index contributed by atoms with van der Waals surface area (Å²) < 4.78 is 5.15. The second-order valence-electron chi connectivity index (χ2n) is 6.73. The van der Waals surface area contributed by atoms with Gasteiger partial charge in [0.2, 0.25) is 0 Å². The summed E-state index contributed by atoms with van der Waals surface area (Å²) >= 11 is 0. The van der Waals surface area contributed by atoms with Gasteiger partial charge in [0, 0.05) is 30.6 Å². The number of carbonyl (C=O) groups is 2. The van der Waals surface area contributed by atoms with Gasteiger partial charge in [0.1, 0.15) is 6.61 Å². The Labute approximate surface area is 181 Å². The quantitative estimate of drug-likeness (QED) is 0.254. The normalized spacial score (nSPS) is 10.6. The molecule has 0 aliphatic rings. The van der Waals surface area contributed by atoms with Crippen LogP contribution in [0.15, 0.2) is 85.2 Å². The minimum absolute atomic E-state index is 0.184. The van der Waals surface area contributed by atoms with Gasteiger partial charge in [-0.1, -0.05) is 48.5 Å². The van der Waals surface area contributed by atoms with Gasteiger partial charge in [-0.2, -0.15) is 0 Å². The maximum absolute atomic E-state index is 12.2. The molecule has 0 fully saturated rings. The van der Waals surface area contributed by atoms with Crippen molar-refractivity contribution in [1.82, 2.24) is 10.3 Å². The highest BCUT2D eigenvalue weighted by Crippen LogP contribution is 2.11. The number of alkyl carbamates (subject to hydrolysis) is 1. The monoisotopic (exact) mass is 416 g/mol. The number of carbonyl (C=O) groups excluding carboxylic acids is 2. The van der Waals surface area contributed by atoms with Gasteiger partial charge < -0.3 is 10.1 Å². The lowest BCUT2D eigenvalue weighted by atomic mass is 10.1. The molecule has 0 saturated carbocycles. The van der Waals surface area contributed by atoms with Crippen LogP contribution in [0.2, 0.25) is 0 Å². The number of benzene rings is 2. The summed E-state index contributed by atoms with van der Waals surface area (Å²) in [5.41, 5.74) is 3.39. The minimum Gasteiger partial charge on any atom is -0.445 e. The van der Waals surface area contributed by atoms with Crippen LogP contribution < -0.4 is 16.2 Å². The maximum Gasteiger partial charge on any atom is 0.407 e. The van der Waals surface area contributed by atoms with Gasteiger partial charge in [-0.05, 0) is 41.8 Å². The fourth-order valence-electron chi connectivity index (χ4n) is 2.75. The SMILES string of the molecule is NN(C(=O)C=Cc1ccc(CCNC(=O)OCc2cccnc2)cc1)c1ccccc1. The molecule has 0 unspecified atom stereocenters. The second-order valence-corrected chi connectivity index (χ2v) is 6.73. The number of rotatable bonds is 8. The molecule has 7 heteroatoms. The first kappa shape index (κ1) is 21.7. The molecule has 3 N–H and O–H groups in total. The van der Waals surface area contributed by atoms with Crippen LogP contribution in [0.1, 0.15) is 16.7 Å². The first-order chi connectivity index (χ1) is 15.1. The molecular formula is C24H24N4O3. The van der Waals surface area contributed by atoms with Crippen LogP contribution in [-0.4, -0.2) is 23.5 Å². The second kappa shape index (κ2) is 11.3. The number of hydrogen-bond donors (Lipinski definition) is 2. The Bertz CT molecular complexity index is 1010. The summed E-state index contributed by atoms with van der Waals surface area (Å²) in [7, 11) is 0. The Morgan fingerprint density at radius 2 is 1.77 bits per heavy atom. The molecule has 0 aliphatic carbocycles. The standard InChI is InChI=1S/C24H24N4O3/c25-28(22-6-2-1-3-7-22)23(29)13-12-19-8-10-20(11-9-19)14-16-27-24(30)31-18-21-5-4-15-26-17-21/h1-13,15,17H,14,16,18,25H2,(H,27,30). The van der Waals surface area contributed by atoms with E-state index in [2.05, 4.69) is 10.3 Å². The van der Waals surface area contributed by atoms with Crippen LogP contribution >= 0.6 is 0 Å². The van der Waals surface area contributed by atoms with E-state index in [-0.39, 0.29) is 12.5 Å². The van der Waals surface area contributed by atoms with Crippen LogP contribution in [0.4, 0.5) is 10.5 Å². The molecule has 1 aromatic heterocycles. The summed E-state index contributed by atoms with van der Waals surface area (Å²) in [6.07, 6.45) is 6.66. The summed E-state index contributed by atoms with van der Waals surface area (Å²) in [4.78, 5) is 27.9. The van der Waals surface area contributed by atoms with E-state index in [4.69, 9.17) is 10.6 Å². The van der Waals surface area contributed by atoms with E-state index in [1.54, 1.807) is 36.7 Å². The van der Waals surface area contributed by atoms with Crippen LogP contribution in [0, 0.1) is 0 Å². The highest BCUT2D eigenvalue weighted by molar-refractivity contribution is 6.02. The molecule has 158 valence electrons. The van der Waals surface area contributed by atoms with Crippen molar-refractivity contribution in [2.75, 3.05) is 11.6 Å². The van der Waals surface area contributed by atoms with Gasteiger partial charge in [0.15, 0.2) is 0 Å². The van der Waals surface area contributed by atoms with E-state index >= 15 is 0 Å². The fourth-order valence-corrected chi connectivity index (χ4v) is 2.75. The number of aromatic nitrogens is 1. The number of amides is 2. The molecule has 7 nitrogen and oxygen atoms in total. The van der Waals surface area contributed by atoms with E-state index in [1.807, 2.05) is 48.5 Å². The van der Waals surface area contributed by atoms with Crippen molar-refractivity contribution in [3.05, 3.63) is 102 Å². The maximum atomic E-state index is 12.2. The van der Waals surface area contributed by atoms with Gasteiger partial charge >= 0.3 is 6.09 Å². The number of hydrogen-bond acceptors (Lipinski definition) is 5. The Morgan fingerprint density at radius 1 is 1.00 bits per heavy atom. The number of nitrogens with two attached hydrogens (primary N) is 1. The molecule has 31 heavy (non-hydrogen) atoms. The molecule has 1 heterocycles. The van der Waals surface area contributed by atoms with Crippen LogP contribution in [0.3, 0.4) is 0 Å². The van der Waals surface area contributed by atoms with Gasteiger partial charge in [-0.25, -0.2) is 15.6 Å². The van der Waals surface area contributed by atoms with Crippen molar-refractivity contribution in [3.63, 3.8) is 0 Å². The molecule has 0 radical (unpaired) electrons. The zero-order valence-electron chi connectivity index (χ0n) is 17.0. The number of hydrazine groups is 1. The smallest absolute Gasteiger partial charge is 0.407 e. The molecule has 2 aromatic carbocycles. The lowest BCUT2D eigenvalue weighted by Crippen LogP contribution is -2.36. The van der Waals surface area contributed by atoms with Gasteiger partial charge in [0.25, 0.3) is 5.91 Å². The van der Waals surface area contributed by atoms with Gasteiger partial charge in [-0.3, -0.25) is 9.78 Å². The molecule has 3 rings (SSSR count). The van der Waals surface area contributed by atoms with Crippen LogP contribution in [0.5, 0.6) is 0 Å². The lowest BCUT2D eigenvalue weighted by molar-refractivity contribution is -0.114. The van der Waals surface area contributed by atoms with E-state index in [9.17, 15) is 9.59 Å². The van der Waals surface area contributed by atoms with E-state index < -0.39 is 6.09 Å². The largest absolute Gasteiger partial charge is 0.445 e. The number of nitrogens with one attached hydrogen (secondary N) is 1. The van der Waals surface area contributed by atoms with Gasteiger partial charge in [-0.15, -0.1) is 0 Å². The van der Waals surface area contributed by atoms with Crippen molar-refractivity contribution < 1.29 is 14.3 Å². The Kier molecular flexibility index (Phi) is 7.90. The zero-order valence-corrected chi connectivity index (χ0v) is 17.0. The Balaban J connectivity index is 1.41. The number of pyridine rings is 1. The van der Waals surface area contributed by atoms with Crippen molar-refractivity contribution >= 4 is 23.8 Å². The highest BCUT2D eigenvalue weighted by atomic mass is 16.5. The molecule has 0 spiro atoms.